The monoisotopic (exact) mass is 184 g/mol. The molecule has 1 aromatic rings. The van der Waals surface area contributed by atoms with Crippen molar-refractivity contribution in [1.82, 2.24) is 4.57 Å². The number of aliphatic carboxylic acids is 1. The lowest BCUT2D eigenvalue weighted by Gasteiger charge is -2.13. The van der Waals surface area contributed by atoms with Crippen LogP contribution in [-0.4, -0.2) is 17.1 Å². The molecule has 0 aliphatic rings. The quantitative estimate of drug-likeness (QED) is 0.541. The second-order valence-corrected chi connectivity index (χ2v) is 2.65. The summed E-state index contributed by atoms with van der Waals surface area (Å²) < 4.78 is 8.16. The van der Waals surface area contributed by atoms with Crippen LogP contribution in [0.25, 0.3) is 0 Å². The summed E-state index contributed by atoms with van der Waals surface area (Å²) in [6, 6.07) is 0. The largest absolute Gasteiger partial charge is 0.543 e. The molecule has 1 atom stereocenters. The van der Waals surface area contributed by atoms with E-state index in [1.54, 1.807) is 37.3 Å². The maximum absolute atomic E-state index is 10.6. The Morgan fingerprint density at radius 1 is 1.77 bits per heavy atom. The molecule has 5 heteroatoms. The lowest BCUT2D eigenvalue weighted by Crippen LogP contribution is -2.35. The van der Waals surface area contributed by atoms with Gasteiger partial charge in [-0.25, -0.2) is 9.13 Å². The van der Waals surface area contributed by atoms with Gasteiger partial charge in [0.2, 0.25) is 12.6 Å². The van der Waals surface area contributed by atoms with Gasteiger partial charge in [-0.15, -0.1) is 0 Å². The number of nitrogens with zero attached hydrogens (tertiary/aromatic N) is 2. The zero-order chi connectivity index (χ0) is 9.84. The zero-order valence-electron chi connectivity index (χ0n) is 7.64. The second-order valence-electron chi connectivity index (χ2n) is 2.65. The van der Waals surface area contributed by atoms with E-state index in [1.165, 1.54) is 4.57 Å². The SMILES string of the molecule is CCOC(C(=O)[O-])n1cc[n+](C)c1. The van der Waals surface area contributed by atoms with Gasteiger partial charge in [0.15, 0.2) is 0 Å². The highest BCUT2D eigenvalue weighted by molar-refractivity contribution is 5.67. The minimum Gasteiger partial charge on any atom is -0.543 e. The topological polar surface area (TPSA) is 58.2 Å². The average Bonchev–Trinajstić information content (AvgIpc) is 2.46. The van der Waals surface area contributed by atoms with Crippen molar-refractivity contribution in [3.05, 3.63) is 18.7 Å². The molecule has 1 aromatic heterocycles. The van der Waals surface area contributed by atoms with E-state index >= 15 is 0 Å². The van der Waals surface area contributed by atoms with Crippen molar-refractivity contribution in [3.8, 4) is 0 Å². The highest BCUT2D eigenvalue weighted by atomic mass is 16.5. The van der Waals surface area contributed by atoms with Gasteiger partial charge in [-0.2, -0.15) is 0 Å². The third kappa shape index (κ3) is 2.29. The van der Waals surface area contributed by atoms with Crippen LogP contribution in [0.5, 0.6) is 0 Å². The van der Waals surface area contributed by atoms with Crippen LogP contribution in [0.1, 0.15) is 13.2 Å². The summed E-state index contributed by atoms with van der Waals surface area (Å²) >= 11 is 0. The number of ether oxygens (including phenoxy) is 1. The first-order chi connectivity index (χ1) is 6.15. The Balaban J connectivity index is 2.81. The summed E-state index contributed by atoms with van der Waals surface area (Å²) in [6.07, 6.45) is 3.94. The van der Waals surface area contributed by atoms with Crippen molar-refractivity contribution in [2.75, 3.05) is 6.61 Å². The van der Waals surface area contributed by atoms with Crippen LogP contribution in [0.15, 0.2) is 18.7 Å². The number of carboxylic acids is 1. The van der Waals surface area contributed by atoms with E-state index < -0.39 is 12.2 Å². The maximum Gasteiger partial charge on any atom is 0.246 e. The van der Waals surface area contributed by atoms with Gasteiger partial charge >= 0.3 is 0 Å². The van der Waals surface area contributed by atoms with E-state index in [1.807, 2.05) is 0 Å². The Kier molecular flexibility index (Phi) is 3.02. The summed E-state index contributed by atoms with van der Waals surface area (Å²) in [5, 5.41) is 10.6. The number of aryl methyl sites for hydroxylation is 1. The summed E-state index contributed by atoms with van der Waals surface area (Å²) in [7, 11) is 1.80. The van der Waals surface area contributed by atoms with E-state index in [9.17, 15) is 9.90 Å². The first kappa shape index (κ1) is 9.73. The molecule has 1 unspecified atom stereocenters. The van der Waals surface area contributed by atoms with Gasteiger partial charge in [0.25, 0.3) is 0 Å². The molecule has 72 valence electrons. The molecule has 0 saturated carbocycles. The summed E-state index contributed by atoms with van der Waals surface area (Å²) in [5.74, 6) is -1.24. The van der Waals surface area contributed by atoms with Gasteiger partial charge in [-0.1, -0.05) is 0 Å². The molecule has 0 radical (unpaired) electrons. The van der Waals surface area contributed by atoms with Crippen LogP contribution in [-0.2, 0) is 16.6 Å². The van der Waals surface area contributed by atoms with E-state index in [4.69, 9.17) is 4.74 Å². The molecule has 0 fully saturated rings. The molecule has 0 N–H and O–H groups in total. The molecule has 0 amide bonds. The predicted molar refractivity (Wildman–Crippen MR) is 41.3 cm³/mol. The number of hydrogen-bond acceptors (Lipinski definition) is 3. The fraction of sp³-hybridized carbons (Fsp3) is 0.500. The van der Waals surface area contributed by atoms with Crippen molar-refractivity contribution in [1.29, 1.82) is 0 Å². The van der Waals surface area contributed by atoms with Crippen LogP contribution < -0.4 is 9.67 Å². The standard InChI is InChI=1S/C8H12N2O3/c1-3-13-7(8(11)12)10-5-4-9(2)6-10/h4-7H,3H2,1-2H3. The molecule has 0 bridgehead atoms. The van der Waals surface area contributed by atoms with Gasteiger partial charge in [0, 0.05) is 6.61 Å². The molecule has 0 aliphatic heterocycles. The normalized spacial score (nSPS) is 12.8. The van der Waals surface area contributed by atoms with Crippen LogP contribution in [0.4, 0.5) is 0 Å². The van der Waals surface area contributed by atoms with Gasteiger partial charge < -0.3 is 14.6 Å². The van der Waals surface area contributed by atoms with E-state index in [2.05, 4.69) is 0 Å². The number of carbonyl (C=O) groups excluding carboxylic acids is 1. The van der Waals surface area contributed by atoms with E-state index in [-0.39, 0.29) is 0 Å². The molecule has 13 heavy (non-hydrogen) atoms. The van der Waals surface area contributed by atoms with Crippen molar-refractivity contribution < 1.29 is 19.2 Å². The molecule has 0 saturated heterocycles. The lowest BCUT2D eigenvalue weighted by molar-refractivity contribution is -0.671. The van der Waals surface area contributed by atoms with Crippen LogP contribution in [0.2, 0.25) is 0 Å². The second kappa shape index (κ2) is 4.04. The van der Waals surface area contributed by atoms with Crippen molar-refractivity contribution >= 4 is 5.97 Å². The summed E-state index contributed by atoms with van der Waals surface area (Å²) in [5.41, 5.74) is 0. The Morgan fingerprint density at radius 2 is 2.46 bits per heavy atom. The lowest BCUT2D eigenvalue weighted by atomic mass is 10.5. The Morgan fingerprint density at radius 3 is 2.85 bits per heavy atom. The van der Waals surface area contributed by atoms with Gasteiger partial charge in [-0.05, 0) is 6.92 Å². The van der Waals surface area contributed by atoms with E-state index in [0.717, 1.165) is 0 Å². The average molecular weight is 184 g/mol. The van der Waals surface area contributed by atoms with Gasteiger partial charge in [0.05, 0.1) is 7.05 Å². The summed E-state index contributed by atoms with van der Waals surface area (Å²) in [6.45, 7) is 2.07. The number of carboxylic acid groups (broad SMARTS) is 1. The Labute approximate surface area is 76.2 Å². The van der Waals surface area contributed by atoms with E-state index in [0.29, 0.717) is 6.61 Å². The number of hydrogen-bond donors (Lipinski definition) is 0. The number of rotatable bonds is 4. The fourth-order valence-corrected chi connectivity index (χ4v) is 1.04. The molecule has 1 heterocycles. The van der Waals surface area contributed by atoms with Crippen LogP contribution >= 0.6 is 0 Å². The van der Waals surface area contributed by atoms with Crippen molar-refractivity contribution in [3.63, 3.8) is 0 Å². The highest BCUT2D eigenvalue weighted by Gasteiger charge is 2.16. The minimum atomic E-state index is -1.24. The molecule has 0 aromatic carbocycles. The fourth-order valence-electron chi connectivity index (χ4n) is 1.04. The highest BCUT2D eigenvalue weighted by Crippen LogP contribution is 2.05. The third-order valence-corrected chi connectivity index (χ3v) is 1.59. The first-order valence-electron chi connectivity index (χ1n) is 4.00. The van der Waals surface area contributed by atoms with Gasteiger partial charge in [0.1, 0.15) is 18.4 Å². The molecule has 1 rings (SSSR count). The zero-order valence-corrected chi connectivity index (χ0v) is 7.64. The Bertz CT molecular complexity index is 295. The molecule has 0 aliphatic carbocycles. The third-order valence-electron chi connectivity index (χ3n) is 1.59. The molecule has 0 spiro atoms. The molecule has 5 nitrogen and oxygen atoms in total. The number of carbonyl (C=O) groups is 1. The first-order valence-corrected chi connectivity index (χ1v) is 4.00. The van der Waals surface area contributed by atoms with Crippen molar-refractivity contribution in [2.45, 2.75) is 13.2 Å². The predicted octanol–water partition coefficient (Wildman–Crippen LogP) is -1.40. The molecular formula is C8H12N2O3. The van der Waals surface area contributed by atoms with Crippen molar-refractivity contribution in [2.24, 2.45) is 7.05 Å². The van der Waals surface area contributed by atoms with Gasteiger partial charge in [-0.3, -0.25) is 0 Å². The smallest absolute Gasteiger partial charge is 0.246 e. The van der Waals surface area contributed by atoms with Crippen LogP contribution in [0.3, 0.4) is 0 Å². The number of aromatic nitrogens is 2. The Hall–Kier alpha value is -1.36. The van der Waals surface area contributed by atoms with Crippen LogP contribution in [0, 0.1) is 0 Å². The maximum atomic E-state index is 10.6. The summed E-state index contributed by atoms with van der Waals surface area (Å²) in [4.78, 5) is 10.6. The number of imidazole rings is 1. The minimum absolute atomic E-state index is 0.334. The molecular weight excluding hydrogens is 172 g/mol.